The maximum Gasteiger partial charge on any atom is 0.0159 e. The lowest BCUT2D eigenvalue weighted by Crippen LogP contribution is -2.14. The van der Waals surface area contributed by atoms with Gasteiger partial charge in [0, 0.05) is 10.8 Å². The van der Waals surface area contributed by atoms with Crippen LogP contribution in [0, 0.1) is 0 Å². The Morgan fingerprint density at radius 1 is 0.127 bits per heavy atom. The average molecular weight is 1500 g/mol. The predicted octanol–water partition coefficient (Wildman–Crippen LogP) is 32.9. The van der Waals surface area contributed by atoms with Crippen molar-refractivity contribution in [2.24, 2.45) is 0 Å². The van der Waals surface area contributed by atoms with E-state index in [9.17, 15) is 0 Å². The summed E-state index contributed by atoms with van der Waals surface area (Å²) in [6, 6.07) is 154. The molecule has 0 heteroatoms. The SMILES string of the molecule is CC1(C)c2ccccc2-c2ccc(-c3c4ccccc4c(-c4c5ccccc5c(-c5ccccc5)c5ccccc45)c4ccc(-c5cccc6ccccc56)cc34)cc21.CC1(C)c2ccccc2-c2ccc(-c3c4ccccc4c(-c4ccc5cc(-c6ccc7ccccc7c6)ccc5c4)c4ccc(-c5cccc6ccccc56)cc34)cc21. The zero-order valence-electron chi connectivity index (χ0n) is 66.3. The summed E-state index contributed by atoms with van der Waals surface area (Å²) in [4.78, 5) is 0. The van der Waals surface area contributed by atoms with E-state index < -0.39 is 0 Å². The second kappa shape index (κ2) is 27.0. The van der Waals surface area contributed by atoms with Crippen LogP contribution in [0.3, 0.4) is 0 Å². The van der Waals surface area contributed by atoms with Gasteiger partial charge >= 0.3 is 0 Å². The van der Waals surface area contributed by atoms with Crippen LogP contribution < -0.4 is 0 Å². The van der Waals surface area contributed by atoms with Crippen LogP contribution in [0.15, 0.2) is 413 Å². The smallest absolute Gasteiger partial charge is 0.0159 e. The Morgan fingerprint density at radius 3 is 0.856 bits per heavy atom. The van der Waals surface area contributed by atoms with Crippen LogP contribution in [-0.2, 0) is 10.8 Å². The monoisotopic (exact) mass is 1500 g/mol. The summed E-state index contributed by atoms with van der Waals surface area (Å²) in [7, 11) is 0. The van der Waals surface area contributed by atoms with E-state index >= 15 is 0 Å². The van der Waals surface area contributed by atoms with E-state index in [1.165, 1.54) is 241 Å². The largest absolute Gasteiger partial charge is 0.0622 e. The van der Waals surface area contributed by atoms with Crippen LogP contribution in [0.5, 0.6) is 0 Å². The molecule has 22 aromatic rings. The minimum atomic E-state index is -0.111. The third-order valence-corrected chi connectivity index (χ3v) is 26.4. The molecular weight excluding hydrogens is 1420 g/mol. The third kappa shape index (κ3) is 10.8. The first-order valence-corrected chi connectivity index (χ1v) is 41.5. The summed E-state index contributed by atoms with van der Waals surface area (Å²) >= 11 is 0. The van der Waals surface area contributed by atoms with Gasteiger partial charge in [-0.1, -0.05) is 398 Å². The first-order valence-electron chi connectivity index (χ1n) is 41.5. The first-order chi connectivity index (χ1) is 58.1. The van der Waals surface area contributed by atoms with Gasteiger partial charge in [-0.05, 0) is 284 Å². The van der Waals surface area contributed by atoms with Crippen LogP contribution in [-0.4, -0.2) is 0 Å². The summed E-state index contributed by atoms with van der Waals surface area (Å²) in [5.41, 5.74) is 30.8. The average Bonchev–Trinajstić information content (AvgIpc) is 0.787. The summed E-state index contributed by atoms with van der Waals surface area (Å²) in [6.45, 7) is 9.52. The van der Waals surface area contributed by atoms with Gasteiger partial charge in [-0.25, -0.2) is 0 Å². The zero-order chi connectivity index (χ0) is 78.5. The molecule has 0 fully saturated rings. The molecule has 0 radical (unpaired) electrons. The molecule has 0 aliphatic heterocycles. The van der Waals surface area contributed by atoms with Gasteiger partial charge in [0.15, 0.2) is 0 Å². The van der Waals surface area contributed by atoms with Crippen molar-refractivity contribution < 1.29 is 0 Å². The highest BCUT2D eigenvalue weighted by atomic mass is 14.4. The van der Waals surface area contributed by atoms with Crippen LogP contribution in [0.25, 0.3) is 219 Å². The normalized spacial score (nSPS) is 13.1. The fourth-order valence-corrected chi connectivity index (χ4v) is 20.8. The van der Waals surface area contributed by atoms with Crippen molar-refractivity contribution in [2.45, 2.75) is 38.5 Å². The molecule has 22 aromatic carbocycles. The van der Waals surface area contributed by atoms with E-state index in [0.717, 1.165) is 0 Å². The molecule has 0 saturated carbocycles. The van der Waals surface area contributed by atoms with Crippen molar-refractivity contribution in [2.75, 3.05) is 0 Å². The fraction of sp³-hybridized carbons (Fsp3) is 0.0508. The van der Waals surface area contributed by atoms with Gasteiger partial charge in [0.25, 0.3) is 0 Å². The lowest BCUT2D eigenvalue weighted by atomic mass is 9.79. The van der Waals surface area contributed by atoms with Gasteiger partial charge in [-0.2, -0.15) is 0 Å². The van der Waals surface area contributed by atoms with Crippen LogP contribution in [0.1, 0.15) is 49.9 Å². The lowest BCUT2D eigenvalue weighted by molar-refractivity contribution is 0.660. The van der Waals surface area contributed by atoms with Crippen LogP contribution in [0.2, 0.25) is 0 Å². The standard InChI is InChI=1S/2C59H40/c1-59(2)55-21-10-9-17-49(55)50-30-29-46(36-56(50)59)58-52-19-8-7-18-51(52)57(53-31-28-44(35-54(53)58)48-20-11-15-38-13-5-6-16-47(38)48)45-27-26-42-33-41(24-25-43(42)34-45)40-23-22-37-12-3-4-14-39(37)32-40;1-59(2)53-30-15-14-22-43(53)44-33-32-40(36-54(44)59)56-47-25-10-13-28-50(47)58(51-34-31-39(35-52(51)56)42-29-16-20-37-17-6-7-21-41(37)42)57-48-26-11-8-23-45(48)55(38-18-4-3-5-19-38)46-24-9-12-27-49(46)57/h2*3-36H,1-2H3. The molecule has 0 bridgehead atoms. The number of fused-ring (bicyclic) bond motifs is 16. The van der Waals surface area contributed by atoms with Gasteiger partial charge in [0.2, 0.25) is 0 Å². The van der Waals surface area contributed by atoms with Crippen molar-refractivity contribution in [3.05, 3.63) is 435 Å². The second-order valence-electron chi connectivity index (χ2n) is 33.6. The molecule has 118 heavy (non-hydrogen) atoms. The quantitative estimate of drug-likeness (QED) is 0.133. The van der Waals surface area contributed by atoms with E-state index in [-0.39, 0.29) is 10.8 Å². The van der Waals surface area contributed by atoms with E-state index in [0.29, 0.717) is 0 Å². The van der Waals surface area contributed by atoms with Gasteiger partial charge in [-0.3, -0.25) is 0 Å². The Hall–Kier alpha value is -14.6. The Kier molecular flexibility index (Phi) is 15.8. The van der Waals surface area contributed by atoms with Crippen molar-refractivity contribution in [1.29, 1.82) is 0 Å². The van der Waals surface area contributed by atoms with Crippen LogP contribution in [0.4, 0.5) is 0 Å². The third-order valence-electron chi connectivity index (χ3n) is 26.4. The molecule has 24 rings (SSSR count). The number of benzene rings is 22. The Bertz CT molecular complexity index is 7910. The summed E-state index contributed by atoms with van der Waals surface area (Å²) < 4.78 is 0. The van der Waals surface area contributed by atoms with Gasteiger partial charge in [-0.15, -0.1) is 0 Å². The molecule has 2 aliphatic carbocycles. The first kappa shape index (κ1) is 69.0. The molecule has 0 amide bonds. The lowest BCUT2D eigenvalue weighted by Gasteiger charge is -2.24. The molecule has 552 valence electrons. The van der Waals surface area contributed by atoms with Crippen molar-refractivity contribution in [3.63, 3.8) is 0 Å². The highest BCUT2D eigenvalue weighted by Gasteiger charge is 2.38. The molecule has 0 spiro atoms. The molecule has 0 aromatic heterocycles. The minimum absolute atomic E-state index is 0.0964. The van der Waals surface area contributed by atoms with Crippen LogP contribution >= 0.6 is 0 Å². The number of rotatable bonds is 8. The Labute approximate surface area is 687 Å². The highest BCUT2D eigenvalue weighted by Crippen LogP contribution is 2.56. The molecule has 2 aliphatic rings. The van der Waals surface area contributed by atoms with Gasteiger partial charge in [0.05, 0.1) is 0 Å². The summed E-state index contributed by atoms with van der Waals surface area (Å²) in [5, 5.41) is 25.2. The Morgan fingerprint density at radius 2 is 0.398 bits per heavy atom. The highest BCUT2D eigenvalue weighted by molar-refractivity contribution is 6.31. The predicted molar refractivity (Wildman–Crippen MR) is 507 cm³/mol. The topological polar surface area (TPSA) is 0 Å². The van der Waals surface area contributed by atoms with Gasteiger partial charge < -0.3 is 0 Å². The van der Waals surface area contributed by atoms with Crippen molar-refractivity contribution >= 4 is 108 Å². The Balaban J connectivity index is 0.000000138. The summed E-state index contributed by atoms with van der Waals surface area (Å²) in [5.74, 6) is 0. The second-order valence-corrected chi connectivity index (χ2v) is 33.6. The number of hydrogen-bond donors (Lipinski definition) is 0. The molecule has 0 unspecified atom stereocenters. The molecule has 0 N–H and O–H groups in total. The summed E-state index contributed by atoms with van der Waals surface area (Å²) in [6.07, 6.45) is 0. The van der Waals surface area contributed by atoms with E-state index in [1.807, 2.05) is 0 Å². The maximum absolute atomic E-state index is 2.50. The van der Waals surface area contributed by atoms with E-state index in [2.05, 4.69) is 440 Å². The molecule has 0 atom stereocenters. The van der Waals surface area contributed by atoms with Gasteiger partial charge in [0.1, 0.15) is 0 Å². The number of hydrogen-bond acceptors (Lipinski definition) is 0. The maximum atomic E-state index is 2.50. The van der Waals surface area contributed by atoms with E-state index in [1.54, 1.807) is 0 Å². The zero-order valence-corrected chi connectivity index (χ0v) is 66.3. The molecule has 0 nitrogen and oxygen atoms in total. The fourth-order valence-electron chi connectivity index (χ4n) is 20.8. The van der Waals surface area contributed by atoms with E-state index in [4.69, 9.17) is 0 Å². The van der Waals surface area contributed by atoms with Crippen molar-refractivity contribution in [1.82, 2.24) is 0 Å². The minimum Gasteiger partial charge on any atom is -0.0622 e. The molecular formula is C118H80. The van der Waals surface area contributed by atoms with Crippen molar-refractivity contribution in [3.8, 4) is 111 Å². The molecule has 0 saturated heterocycles. The molecule has 0 heterocycles.